The van der Waals surface area contributed by atoms with Crippen LogP contribution in [0, 0.1) is 0 Å². The summed E-state index contributed by atoms with van der Waals surface area (Å²) < 4.78 is 0. The number of aromatic hydroxyl groups is 3. The molecule has 3 N–H and O–H groups in total. The van der Waals surface area contributed by atoms with Gasteiger partial charge < -0.3 is 30.0 Å². The summed E-state index contributed by atoms with van der Waals surface area (Å²) in [5.74, 6) is -1.42. The summed E-state index contributed by atoms with van der Waals surface area (Å²) in [5.41, 5.74) is 0.430. The molecule has 1 aliphatic heterocycles. The summed E-state index contributed by atoms with van der Waals surface area (Å²) in [6.45, 7) is 0.842. The van der Waals surface area contributed by atoms with E-state index in [9.17, 15) is 24.9 Å². The second-order valence-electron chi connectivity index (χ2n) is 6.83. The minimum absolute atomic E-state index is 0.0763. The molecular formula is C18H27N3O5. The van der Waals surface area contributed by atoms with E-state index >= 15 is 0 Å². The maximum Gasteiger partial charge on any atom is 0.320 e. The third-order valence-electron chi connectivity index (χ3n) is 4.73. The number of piperidine rings is 1. The van der Waals surface area contributed by atoms with Crippen LogP contribution >= 0.6 is 0 Å². The van der Waals surface area contributed by atoms with Crippen LogP contribution in [0.15, 0.2) is 12.1 Å². The molecule has 8 heteroatoms. The fourth-order valence-corrected chi connectivity index (χ4v) is 3.13. The molecule has 0 aliphatic carbocycles. The summed E-state index contributed by atoms with van der Waals surface area (Å²) in [4.78, 5) is 29.8. The van der Waals surface area contributed by atoms with Gasteiger partial charge in [-0.3, -0.25) is 4.79 Å². The molecule has 0 aromatic heterocycles. The van der Waals surface area contributed by atoms with E-state index in [-0.39, 0.29) is 17.7 Å². The first-order chi connectivity index (χ1) is 12.2. The Hall–Kier alpha value is -2.64. The van der Waals surface area contributed by atoms with E-state index in [4.69, 9.17) is 0 Å². The topological polar surface area (TPSA) is 105 Å². The lowest BCUT2D eigenvalue weighted by molar-refractivity contribution is -0.134. The van der Waals surface area contributed by atoms with Crippen LogP contribution in [0.25, 0.3) is 0 Å². The van der Waals surface area contributed by atoms with Gasteiger partial charge in [-0.2, -0.15) is 0 Å². The highest BCUT2D eigenvalue weighted by Gasteiger charge is 2.34. The smallest absolute Gasteiger partial charge is 0.320 e. The van der Waals surface area contributed by atoms with Crippen LogP contribution in [0.3, 0.4) is 0 Å². The van der Waals surface area contributed by atoms with Crippen molar-refractivity contribution in [2.75, 3.05) is 34.2 Å². The Bertz CT molecular complexity index is 677. The van der Waals surface area contributed by atoms with Crippen LogP contribution in [-0.4, -0.2) is 82.2 Å². The molecule has 1 fully saturated rings. The minimum atomic E-state index is -0.566. The summed E-state index contributed by atoms with van der Waals surface area (Å²) >= 11 is 0. The molecule has 144 valence electrons. The second kappa shape index (κ2) is 8.16. The van der Waals surface area contributed by atoms with Gasteiger partial charge in [0.25, 0.3) is 0 Å². The number of rotatable bonds is 4. The number of carbonyl (C=O) groups excluding carboxylic acids is 2. The standard InChI is InChI=1S/C18H27N3O5/c1-19(2)17(25)13-6-4-5-10-21(13)18(26)20(3)11-9-12-7-8-14(22)16(24)15(12)23/h7-8,13,22-24H,4-6,9-11H2,1-3H3. The third kappa shape index (κ3) is 4.12. The number of hydrogen-bond donors (Lipinski definition) is 3. The zero-order valence-corrected chi connectivity index (χ0v) is 15.5. The maximum absolute atomic E-state index is 12.8. The van der Waals surface area contributed by atoms with Crippen LogP contribution in [-0.2, 0) is 11.2 Å². The number of nitrogens with zero attached hydrogens (tertiary/aromatic N) is 3. The van der Waals surface area contributed by atoms with Crippen LogP contribution < -0.4 is 0 Å². The fraction of sp³-hybridized carbons (Fsp3) is 0.556. The van der Waals surface area contributed by atoms with E-state index in [1.54, 1.807) is 26.0 Å². The van der Waals surface area contributed by atoms with E-state index in [0.717, 1.165) is 12.8 Å². The lowest BCUT2D eigenvalue weighted by atomic mass is 10.0. The Balaban J connectivity index is 2.04. The van der Waals surface area contributed by atoms with Gasteiger partial charge in [-0.05, 0) is 37.3 Å². The van der Waals surface area contributed by atoms with E-state index < -0.39 is 17.5 Å². The first-order valence-electron chi connectivity index (χ1n) is 8.69. The lowest BCUT2D eigenvalue weighted by Crippen LogP contribution is -2.55. The van der Waals surface area contributed by atoms with Gasteiger partial charge in [-0.25, -0.2) is 4.79 Å². The molecule has 3 amide bonds. The molecule has 1 aromatic carbocycles. The molecule has 1 aliphatic rings. The number of carbonyl (C=O) groups is 2. The first kappa shape index (κ1) is 19.7. The Morgan fingerprint density at radius 3 is 2.46 bits per heavy atom. The van der Waals surface area contributed by atoms with Crippen molar-refractivity contribution in [3.8, 4) is 17.2 Å². The van der Waals surface area contributed by atoms with E-state index in [2.05, 4.69) is 0 Å². The van der Waals surface area contributed by atoms with Gasteiger partial charge in [0.05, 0.1) is 0 Å². The molecule has 1 unspecified atom stereocenters. The molecular weight excluding hydrogens is 338 g/mol. The highest BCUT2D eigenvalue weighted by Crippen LogP contribution is 2.37. The number of urea groups is 1. The summed E-state index contributed by atoms with van der Waals surface area (Å²) in [6.07, 6.45) is 2.74. The predicted octanol–water partition coefficient (Wildman–Crippen LogP) is 1.34. The van der Waals surface area contributed by atoms with Crippen LogP contribution in [0.5, 0.6) is 17.2 Å². The maximum atomic E-state index is 12.8. The van der Waals surface area contributed by atoms with Crippen LogP contribution in [0.4, 0.5) is 4.79 Å². The zero-order chi connectivity index (χ0) is 19.4. The molecule has 0 bridgehead atoms. The Morgan fingerprint density at radius 1 is 1.12 bits per heavy atom. The van der Waals surface area contributed by atoms with Gasteiger partial charge in [0.15, 0.2) is 11.5 Å². The van der Waals surface area contributed by atoms with Crippen molar-refractivity contribution in [1.29, 1.82) is 0 Å². The number of likely N-dealkylation sites (tertiary alicyclic amines) is 1. The molecule has 0 spiro atoms. The van der Waals surface area contributed by atoms with Gasteiger partial charge in [0.1, 0.15) is 6.04 Å². The van der Waals surface area contributed by atoms with Crippen molar-refractivity contribution in [2.45, 2.75) is 31.7 Å². The Kier molecular flexibility index (Phi) is 6.18. The van der Waals surface area contributed by atoms with Crippen LogP contribution in [0.2, 0.25) is 0 Å². The Morgan fingerprint density at radius 2 is 1.81 bits per heavy atom. The van der Waals surface area contributed by atoms with Crippen molar-refractivity contribution < 1.29 is 24.9 Å². The zero-order valence-electron chi connectivity index (χ0n) is 15.5. The van der Waals surface area contributed by atoms with Crippen molar-refractivity contribution in [2.24, 2.45) is 0 Å². The monoisotopic (exact) mass is 365 g/mol. The molecule has 0 saturated carbocycles. The average Bonchev–Trinajstić information content (AvgIpc) is 2.64. The highest BCUT2D eigenvalue weighted by molar-refractivity contribution is 5.87. The normalized spacial score (nSPS) is 17.0. The minimum Gasteiger partial charge on any atom is -0.504 e. The van der Waals surface area contributed by atoms with Gasteiger partial charge in [-0.1, -0.05) is 6.07 Å². The first-order valence-corrected chi connectivity index (χ1v) is 8.69. The number of phenolic OH excluding ortho intramolecular Hbond substituents is 3. The van der Waals surface area contributed by atoms with Gasteiger partial charge in [-0.15, -0.1) is 0 Å². The number of likely N-dealkylation sites (N-methyl/N-ethyl adjacent to an activating group) is 2. The van der Waals surface area contributed by atoms with E-state index in [0.29, 0.717) is 31.5 Å². The van der Waals surface area contributed by atoms with Crippen molar-refractivity contribution >= 4 is 11.9 Å². The van der Waals surface area contributed by atoms with Gasteiger partial charge >= 0.3 is 6.03 Å². The summed E-state index contributed by atoms with van der Waals surface area (Å²) in [5, 5.41) is 28.8. The largest absolute Gasteiger partial charge is 0.504 e. The van der Waals surface area contributed by atoms with E-state index in [1.807, 2.05) is 0 Å². The van der Waals surface area contributed by atoms with Crippen molar-refractivity contribution in [3.63, 3.8) is 0 Å². The van der Waals surface area contributed by atoms with Crippen molar-refractivity contribution in [1.82, 2.24) is 14.7 Å². The molecule has 1 atom stereocenters. The quantitative estimate of drug-likeness (QED) is 0.699. The molecule has 1 heterocycles. The number of amides is 3. The van der Waals surface area contributed by atoms with Gasteiger partial charge in [0.2, 0.25) is 11.7 Å². The Labute approximate surface area is 153 Å². The highest BCUT2D eigenvalue weighted by atomic mass is 16.3. The second-order valence-corrected chi connectivity index (χ2v) is 6.83. The SMILES string of the molecule is CN(C)C(=O)C1CCCCN1C(=O)N(C)CCc1ccc(O)c(O)c1O. The fourth-order valence-electron chi connectivity index (χ4n) is 3.13. The number of phenols is 3. The molecule has 0 radical (unpaired) electrons. The molecule has 26 heavy (non-hydrogen) atoms. The van der Waals surface area contributed by atoms with Crippen LogP contribution in [0.1, 0.15) is 24.8 Å². The summed E-state index contributed by atoms with van der Waals surface area (Å²) in [6, 6.07) is 2.12. The number of hydrogen-bond acceptors (Lipinski definition) is 5. The average molecular weight is 365 g/mol. The molecule has 2 rings (SSSR count). The number of benzene rings is 1. The third-order valence-corrected chi connectivity index (χ3v) is 4.73. The van der Waals surface area contributed by atoms with E-state index in [1.165, 1.54) is 21.9 Å². The van der Waals surface area contributed by atoms with Crippen molar-refractivity contribution in [3.05, 3.63) is 17.7 Å². The predicted molar refractivity (Wildman–Crippen MR) is 96.2 cm³/mol. The molecule has 8 nitrogen and oxygen atoms in total. The van der Waals surface area contributed by atoms with Gasteiger partial charge in [0, 0.05) is 34.2 Å². The molecule has 1 aromatic rings. The summed E-state index contributed by atoms with van der Waals surface area (Å²) in [7, 11) is 5.01. The molecule has 1 saturated heterocycles. The lowest BCUT2D eigenvalue weighted by Gasteiger charge is -2.38.